The number of pyridine rings is 1. The number of halogens is 1. The molecule has 0 spiro atoms. The summed E-state index contributed by atoms with van der Waals surface area (Å²) < 4.78 is 34.2. The largest absolute Gasteiger partial charge is 0.493 e. The number of methoxy groups -OCH3 is 1. The van der Waals surface area contributed by atoms with E-state index >= 15 is 0 Å². The van der Waals surface area contributed by atoms with Crippen LogP contribution in [-0.2, 0) is 7.05 Å². The number of ether oxygens (including phenoxy) is 3. The summed E-state index contributed by atoms with van der Waals surface area (Å²) in [6.45, 7) is 0.424. The minimum atomic E-state index is -0.400. The van der Waals surface area contributed by atoms with Gasteiger partial charge in [0.15, 0.2) is 23.1 Å². The summed E-state index contributed by atoms with van der Waals surface area (Å²) in [5, 5.41) is 1.21. The number of fused-ring (bicyclic) bond motifs is 2. The van der Waals surface area contributed by atoms with Gasteiger partial charge in [-0.2, -0.15) is 0 Å². The number of hydrogen-bond donors (Lipinski definition) is 1. The maximum Gasteiger partial charge on any atom is 0.175 e. The summed E-state index contributed by atoms with van der Waals surface area (Å²) in [4.78, 5) is 4.41. The lowest BCUT2D eigenvalue weighted by Crippen LogP contribution is -2.29. The molecule has 2 heterocycles. The summed E-state index contributed by atoms with van der Waals surface area (Å²) in [6.07, 6.45) is 5.35. The van der Waals surface area contributed by atoms with Crippen molar-refractivity contribution < 1.29 is 18.6 Å². The first kappa shape index (κ1) is 18.7. The zero-order chi connectivity index (χ0) is 20.9. The molecule has 0 saturated heterocycles. The Hall–Kier alpha value is -3.32. The summed E-state index contributed by atoms with van der Waals surface area (Å²) in [7, 11) is 3.45. The summed E-state index contributed by atoms with van der Waals surface area (Å²) in [5.74, 6) is 1.35. The van der Waals surface area contributed by atoms with Crippen LogP contribution in [0.15, 0.2) is 48.8 Å². The number of nitrogens with two attached hydrogens (primary N) is 1. The third-order valence-electron chi connectivity index (χ3n) is 5.58. The Morgan fingerprint density at radius 3 is 2.67 bits per heavy atom. The molecule has 0 atom stereocenters. The molecule has 5 rings (SSSR count). The fourth-order valence-electron chi connectivity index (χ4n) is 3.51. The smallest absolute Gasteiger partial charge is 0.175 e. The minimum Gasteiger partial charge on any atom is -0.493 e. The first-order valence-corrected chi connectivity index (χ1v) is 9.77. The molecule has 30 heavy (non-hydrogen) atoms. The van der Waals surface area contributed by atoms with Crippen LogP contribution in [0.5, 0.6) is 23.0 Å². The number of hydrogen-bond acceptors (Lipinski definition) is 5. The Morgan fingerprint density at radius 2 is 1.90 bits per heavy atom. The Bertz CT molecular complexity index is 1260. The van der Waals surface area contributed by atoms with Crippen LogP contribution in [0.4, 0.5) is 4.39 Å². The highest BCUT2D eigenvalue weighted by Crippen LogP contribution is 2.40. The molecule has 2 aromatic carbocycles. The van der Waals surface area contributed by atoms with E-state index in [9.17, 15) is 4.39 Å². The molecule has 6 nitrogen and oxygen atoms in total. The van der Waals surface area contributed by atoms with Crippen LogP contribution in [0.1, 0.15) is 12.8 Å². The van der Waals surface area contributed by atoms with Gasteiger partial charge in [-0.15, -0.1) is 0 Å². The Labute approximate surface area is 173 Å². The standard InChI is InChI=1S/C23H22FN3O3/c1-27-10-6-14-17(27)3-4-19(22(14)24)30-18-5-9-26-16-12-21(20(28-2)11-15(16)18)29-13-23(25)7-8-23/h3-6,9-12H,7-8,13,25H2,1-2H3. The van der Waals surface area contributed by atoms with Gasteiger partial charge in [0.1, 0.15) is 12.4 Å². The second-order valence-corrected chi connectivity index (χ2v) is 7.82. The van der Waals surface area contributed by atoms with Gasteiger partial charge in [-0.3, -0.25) is 4.98 Å². The monoisotopic (exact) mass is 407 g/mol. The molecule has 0 amide bonds. The van der Waals surface area contributed by atoms with Gasteiger partial charge in [-0.25, -0.2) is 4.39 Å². The quantitative estimate of drug-likeness (QED) is 0.508. The lowest BCUT2D eigenvalue weighted by atomic mass is 10.1. The Kier molecular flexibility index (Phi) is 4.29. The highest BCUT2D eigenvalue weighted by molar-refractivity contribution is 5.89. The van der Waals surface area contributed by atoms with Gasteiger partial charge in [-0.05, 0) is 43.2 Å². The molecule has 0 unspecified atom stereocenters. The van der Waals surface area contributed by atoms with Crippen LogP contribution >= 0.6 is 0 Å². The van der Waals surface area contributed by atoms with Crippen LogP contribution in [0.2, 0.25) is 0 Å². The van der Waals surface area contributed by atoms with Gasteiger partial charge >= 0.3 is 0 Å². The highest BCUT2D eigenvalue weighted by Gasteiger charge is 2.39. The third kappa shape index (κ3) is 3.21. The van der Waals surface area contributed by atoms with E-state index in [2.05, 4.69) is 4.98 Å². The van der Waals surface area contributed by atoms with Gasteiger partial charge in [0.2, 0.25) is 0 Å². The number of benzene rings is 2. The van der Waals surface area contributed by atoms with Crippen LogP contribution in [0.25, 0.3) is 21.8 Å². The van der Waals surface area contributed by atoms with Crippen molar-refractivity contribution in [2.75, 3.05) is 13.7 Å². The molecule has 0 radical (unpaired) electrons. The van der Waals surface area contributed by atoms with Gasteiger partial charge in [0, 0.05) is 36.3 Å². The molecule has 0 aliphatic heterocycles. The van der Waals surface area contributed by atoms with Gasteiger partial charge in [0.05, 0.1) is 23.7 Å². The van der Waals surface area contributed by atoms with E-state index in [1.165, 1.54) is 0 Å². The second kappa shape index (κ2) is 6.88. The maximum atomic E-state index is 15.0. The number of aromatic nitrogens is 2. The number of rotatable bonds is 6. The van der Waals surface area contributed by atoms with E-state index in [0.717, 1.165) is 18.4 Å². The fourth-order valence-corrected chi connectivity index (χ4v) is 3.51. The first-order chi connectivity index (χ1) is 14.5. The molecule has 2 aromatic heterocycles. The van der Waals surface area contributed by atoms with Crippen LogP contribution in [0, 0.1) is 5.82 Å². The molecular weight excluding hydrogens is 385 g/mol. The SMILES string of the molecule is COc1cc2c(Oc3ccc4c(ccn4C)c3F)ccnc2cc1OCC1(N)CC1. The van der Waals surface area contributed by atoms with Crippen LogP contribution < -0.4 is 19.9 Å². The molecular formula is C23H22FN3O3. The van der Waals surface area contributed by atoms with Crippen molar-refractivity contribution in [3.05, 3.63) is 54.6 Å². The zero-order valence-corrected chi connectivity index (χ0v) is 16.8. The predicted molar refractivity (Wildman–Crippen MR) is 113 cm³/mol. The van der Waals surface area contributed by atoms with Crippen molar-refractivity contribution in [1.29, 1.82) is 0 Å². The molecule has 0 bridgehead atoms. The third-order valence-corrected chi connectivity index (χ3v) is 5.58. The van der Waals surface area contributed by atoms with Crippen molar-refractivity contribution >= 4 is 21.8 Å². The van der Waals surface area contributed by atoms with E-state index < -0.39 is 5.82 Å². The summed E-state index contributed by atoms with van der Waals surface area (Å²) in [6, 6.07) is 10.5. The average molecular weight is 407 g/mol. The minimum absolute atomic E-state index is 0.152. The Morgan fingerprint density at radius 1 is 1.07 bits per heavy atom. The van der Waals surface area contributed by atoms with E-state index in [1.807, 2.05) is 23.9 Å². The van der Waals surface area contributed by atoms with Crippen molar-refractivity contribution in [1.82, 2.24) is 9.55 Å². The van der Waals surface area contributed by atoms with E-state index in [4.69, 9.17) is 19.9 Å². The van der Waals surface area contributed by atoms with Crippen molar-refractivity contribution in [3.8, 4) is 23.0 Å². The van der Waals surface area contributed by atoms with Gasteiger partial charge in [0.25, 0.3) is 0 Å². The van der Waals surface area contributed by atoms with Crippen molar-refractivity contribution in [2.45, 2.75) is 18.4 Å². The summed E-state index contributed by atoms with van der Waals surface area (Å²) in [5.41, 5.74) is 7.34. The van der Waals surface area contributed by atoms with Crippen molar-refractivity contribution in [2.24, 2.45) is 12.8 Å². The molecule has 4 aromatic rings. The fraction of sp³-hybridized carbons (Fsp3) is 0.261. The second-order valence-electron chi connectivity index (χ2n) is 7.82. The highest BCUT2D eigenvalue weighted by atomic mass is 19.1. The average Bonchev–Trinajstić information content (AvgIpc) is 3.37. The maximum absolute atomic E-state index is 15.0. The number of aryl methyl sites for hydroxylation is 1. The molecule has 7 heteroatoms. The molecule has 1 aliphatic carbocycles. The Balaban J connectivity index is 1.52. The topological polar surface area (TPSA) is 71.5 Å². The molecule has 1 fully saturated rings. The lowest BCUT2D eigenvalue weighted by Gasteiger charge is -2.16. The van der Waals surface area contributed by atoms with Gasteiger partial charge < -0.3 is 24.5 Å². The lowest BCUT2D eigenvalue weighted by molar-refractivity contribution is 0.264. The van der Waals surface area contributed by atoms with E-state index in [0.29, 0.717) is 40.1 Å². The molecule has 1 saturated carbocycles. The zero-order valence-electron chi connectivity index (χ0n) is 16.8. The van der Waals surface area contributed by atoms with Crippen molar-refractivity contribution in [3.63, 3.8) is 0 Å². The van der Waals surface area contributed by atoms with E-state index in [1.54, 1.807) is 43.6 Å². The van der Waals surface area contributed by atoms with E-state index in [-0.39, 0.29) is 11.3 Å². The normalized spacial score (nSPS) is 14.8. The first-order valence-electron chi connectivity index (χ1n) is 9.77. The van der Waals surface area contributed by atoms with Crippen LogP contribution in [0.3, 0.4) is 0 Å². The molecule has 2 N–H and O–H groups in total. The van der Waals surface area contributed by atoms with Gasteiger partial charge in [-0.1, -0.05) is 0 Å². The van der Waals surface area contributed by atoms with Crippen LogP contribution in [-0.4, -0.2) is 28.8 Å². The number of nitrogens with zero attached hydrogens (tertiary/aromatic N) is 2. The predicted octanol–water partition coefficient (Wildman–Crippen LogP) is 4.54. The molecule has 154 valence electrons. The summed E-state index contributed by atoms with van der Waals surface area (Å²) >= 11 is 0. The molecule has 1 aliphatic rings.